The molecule has 0 unspecified atom stereocenters. The summed E-state index contributed by atoms with van der Waals surface area (Å²) >= 11 is 3.36. The number of nitrogens with one attached hydrogen (secondary N) is 1. The third-order valence-electron chi connectivity index (χ3n) is 3.01. The van der Waals surface area contributed by atoms with E-state index in [0.717, 1.165) is 4.88 Å². The summed E-state index contributed by atoms with van der Waals surface area (Å²) in [5.41, 5.74) is 1.95. The second-order valence-electron chi connectivity index (χ2n) is 4.44. The van der Waals surface area contributed by atoms with E-state index < -0.39 is 5.82 Å². The van der Waals surface area contributed by atoms with Crippen LogP contribution in [0.3, 0.4) is 0 Å². The molecule has 1 N–H and O–H groups in total. The van der Waals surface area contributed by atoms with Crippen LogP contribution in [0.15, 0.2) is 47.2 Å². The van der Waals surface area contributed by atoms with E-state index in [1.807, 2.05) is 12.1 Å². The van der Waals surface area contributed by atoms with E-state index >= 15 is 0 Å². The smallest absolute Gasteiger partial charge is 0.147 e. The lowest BCUT2D eigenvalue weighted by atomic mass is 10.2. The number of hydrogen-bond donors (Lipinski definition) is 1. The molecule has 0 spiro atoms. The minimum atomic E-state index is -0.399. The Morgan fingerprint density at radius 2 is 2.10 bits per heavy atom. The second-order valence-corrected chi connectivity index (χ2v) is 6.38. The molecule has 2 nitrogen and oxygen atoms in total. The van der Waals surface area contributed by atoms with Crippen molar-refractivity contribution in [1.82, 2.24) is 0 Å². The van der Waals surface area contributed by atoms with Gasteiger partial charge in [0.25, 0.3) is 0 Å². The van der Waals surface area contributed by atoms with E-state index in [1.54, 1.807) is 34.8 Å². The highest BCUT2D eigenvalue weighted by atomic mass is 32.1. The van der Waals surface area contributed by atoms with Gasteiger partial charge in [-0.2, -0.15) is 5.26 Å². The van der Waals surface area contributed by atoms with Crippen LogP contribution in [0.4, 0.5) is 10.1 Å². The number of nitrogens with zero attached hydrogens (tertiary/aromatic N) is 1. The predicted molar refractivity (Wildman–Crippen MR) is 86.1 cm³/mol. The summed E-state index contributed by atoms with van der Waals surface area (Å²) < 4.78 is 13.8. The molecule has 0 amide bonds. The van der Waals surface area contributed by atoms with Crippen LogP contribution < -0.4 is 5.32 Å². The zero-order valence-electron chi connectivity index (χ0n) is 11.0. The maximum Gasteiger partial charge on any atom is 0.147 e. The van der Waals surface area contributed by atoms with Crippen molar-refractivity contribution < 1.29 is 4.39 Å². The maximum atomic E-state index is 13.8. The van der Waals surface area contributed by atoms with Crippen LogP contribution in [0.25, 0.3) is 10.4 Å². The summed E-state index contributed by atoms with van der Waals surface area (Å²) in [6, 6.07) is 12.6. The van der Waals surface area contributed by atoms with Crippen LogP contribution in [0.1, 0.15) is 10.4 Å². The Kier molecular flexibility index (Phi) is 4.00. The summed E-state index contributed by atoms with van der Waals surface area (Å²) in [4.78, 5) is 2.38. The molecule has 3 aromatic rings. The highest BCUT2D eigenvalue weighted by Gasteiger charge is 2.06. The first kappa shape index (κ1) is 13.8. The third kappa shape index (κ3) is 3.13. The van der Waals surface area contributed by atoms with Gasteiger partial charge in [-0.3, -0.25) is 0 Å². The first-order chi connectivity index (χ1) is 10.3. The minimum absolute atomic E-state index is 0.328. The predicted octanol–water partition coefficient (Wildman–Crippen LogP) is 5.10. The fourth-order valence-electron chi connectivity index (χ4n) is 1.96. The molecule has 1 aromatic carbocycles. The van der Waals surface area contributed by atoms with Gasteiger partial charge in [-0.1, -0.05) is 6.07 Å². The van der Waals surface area contributed by atoms with Gasteiger partial charge in [0.1, 0.15) is 5.82 Å². The van der Waals surface area contributed by atoms with Gasteiger partial charge in [-0.05, 0) is 41.1 Å². The molecular formula is C16H11FN2S2. The quantitative estimate of drug-likeness (QED) is 0.727. The van der Waals surface area contributed by atoms with E-state index in [4.69, 9.17) is 5.26 Å². The fourth-order valence-corrected chi connectivity index (χ4v) is 3.57. The molecule has 0 aliphatic carbocycles. The molecule has 0 aliphatic rings. The van der Waals surface area contributed by atoms with Gasteiger partial charge in [0.05, 0.1) is 17.3 Å². The number of nitriles is 1. The molecule has 2 aromatic heterocycles. The monoisotopic (exact) mass is 314 g/mol. The first-order valence-electron chi connectivity index (χ1n) is 6.31. The van der Waals surface area contributed by atoms with Crippen LogP contribution in [-0.4, -0.2) is 0 Å². The Bertz CT molecular complexity index is 785. The number of rotatable bonds is 4. The van der Waals surface area contributed by atoms with Crippen LogP contribution >= 0.6 is 22.7 Å². The fraction of sp³-hybridized carbons (Fsp3) is 0.0625. The number of halogens is 1. The summed E-state index contributed by atoms with van der Waals surface area (Å²) in [7, 11) is 0. The number of anilines is 1. The van der Waals surface area contributed by atoms with Crippen LogP contribution in [0, 0.1) is 17.1 Å². The summed E-state index contributed by atoms with van der Waals surface area (Å²) in [5.74, 6) is -0.399. The molecule has 0 saturated heterocycles. The van der Waals surface area contributed by atoms with Crippen molar-refractivity contribution in [3.8, 4) is 16.5 Å². The molecule has 0 saturated carbocycles. The summed E-state index contributed by atoms with van der Waals surface area (Å²) in [5, 5.41) is 15.9. The third-order valence-corrected chi connectivity index (χ3v) is 4.87. The average molecular weight is 314 g/mol. The van der Waals surface area contributed by atoms with Gasteiger partial charge in [-0.25, -0.2) is 4.39 Å². The van der Waals surface area contributed by atoms with E-state index in [0.29, 0.717) is 17.8 Å². The van der Waals surface area contributed by atoms with E-state index in [-0.39, 0.29) is 0 Å². The minimum Gasteiger partial charge on any atom is -0.378 e. The Morgan fingerprint density at radius 1 is 1.19 bits per heavy atom. The SMILES string of the molecule is N#Cc1ccc(NCc2cc(-c3cccs3)cs2)c(F)c1. The first-order valence-corrected chi connectivity index (χ1v) is 8.07. The zero-order valence-corrected chi connectivity index (χ0v) is 12.6. The molecule has 0 radical (unpaired) electrons. The van der Waals surface area contributed by atoms with Gasteiger partial charge in [-0.15, -0.1) is 22.7 Å². The highest BCUT2D eigenvalue weighted by molar-refractivity contribution is 7.14. The normalized spacial score (nSPS) is 10.3. The Morgan fingerprint density at radius 3 is 2.81 bits per heavy atom. The summed E-state index contributed by atoms with van der Waals surface area (Å²) in [6.07, 6.45) is 0. The topological polar surface area (TPSA) is 35.8 Å². The lowest BCUT2D eigenvalue weighted by Gasteiger charge is -2.06. The van der Waals surface area contributed by atoms with Crippen molar-refractivity contribution in [1.29, 1.82) is 5.26 Å². The van der Waals surface area contributed by atoms with Crippen molar-refractivity contribution in [3.05, 3.63) is 63.4 Å². The van der Waals surface area contributed by atoms with Gasteiger partial charge in [0, 0.05) is 21.9 Å². The molecule has 0 fully saturated rings. The van der Waals surface area contributed by atoms with Crippen LogP contribution in [-0.2, 0) is 6.54 Å². The van der Waals surface area contributed by atoms with E-state index in [1.165, 1.54) is 16.5 Å². The van der Waals surface area contributed by atoms with Gasteiger partial charge in [0.15, 0.2) is 0 Å². The molecular weight excluding hydrogens is 303 g/mol. The highest BCUT2D eigenvalue weighted by Crippen LogP contribution is 2.29. The number of hydrogen-bond acceptors (Lipinski definition) is 4. The Hall–Kier alpha value is -2.16. The zero-order chi connectivity index (χ0) is 14.7. The van der Waals surface area contributed by atoms with Crippen molar-refractivity contribution in [2.45, 2.75) is 6.54 Å². The molecule has 2 heterocycles. The molecule has 3 rings (SSSR count). The van der Waals surface area contributed by atoms with Crippen molar-refractivity contribution >= 4 is 28.4 Å². The maximum absolute atomic E-state index is 13.8. The standard InChI is InChI=1S/C16H11FN2S2/c17-14-6-11(8-18)3-4-15(14)19-9-13-7-12(10-21-13)16-2-1-5-20-16/h1-7,10,19H,9H2. The van der Waals surface area contributed by atoms with E-state index in [2.05, 4.69) is 28.2 Å². The molecule has 0 atom stereocenters. The van der Waals surface area contributed by atoms with Gasteiger partial charge >= 0.3 is 0 Å². The Labute approximate surface area is 130 Å². The number of thiophene rings is 2. The molecule has 0 bridgehead atoms. The average Bonchev–Trinajstić information content (AvgIpc) is 3.16. The summed E-state index contributed by atoms with van der Waals surface area (Å²) in [6.45, 7) is 0.568. The molecule has 0 aliphatic heterocycles. The van der Waals surface area contributed by atoms with E-state index in [9.17, 15) is 4.39 Å². The van der Waals surface area contributed by atoms with Crippen molar-refractivity contribution in [2.24, 2.45) is 0 Å². The van der Waals surface area contributed by atoms with Crippen LogP contribution in [0.2, 0.25) is 0 Å². The molecule has 5 heteroatoms. The van der Waals surface area contributed by atoms with Crippen LogP contribution in [0.5, 0.6) is 0 Å². The second kappa shape index (κ2) is 6.08. The Balaban J connectivity index is 1.70. The lowest BCUT2D eigenvalue weighted by molar-refractivity contribution is 0.629. The van der Waals surface area contributed by atoms with Crippen molar-refractivity contribution in [3.63, 3.8) is 0 Å². The largest absolute Gasteiger partial charge is 0.378 e. The lowest BCUT2D eigenvalue weighted by Crippen LogP contribution is -2.00. The molecule has 21 heavy (non-hydrogen) atoms. The van der Waals surface area contributed by atoms with Crippen molar-refractivity contribution in [2.75, 3.05) is 5.32 Å². The number of benzene rings is 1. The molecule has 104 valence electrons. The van der Waals surface area contributed by atoms with Gasteiger partial charge < -0.3 is 5.32 Å². The van der Waals surface area contributed by atoms with Gasteiger partial charge in [0.2, 0.25) is 0 Å².